The molecule has 1 saturated carbocycles. The van der Waals surface area contributed by atoms with Crippen molar-refractivity contribution in [3.05, 3.63) is 0 Å². The summed E-state index contributed by atoms with van der Waals surface area (Å²) in [7, 11) is -3.04. The fraction of sp³-hybridized carbons (Fsp3) is 1.00. The van der Waals surface area contributed by atoms with E-state index in [0.29, 0.717) is 24.3 Å². The van der Waals surface area contributed by atoms with Crippen molar-refractivity contribution in [3.8, 4) is 0 Å². The van der Waals surface area contributed by atoms with E-state index in [-0.39, 0.29) is 5.75 Å². The molecule has 0 aromatic rings. The maximum absolute atomic E-state index is 12.3. The van der Waals surface area contributed by atoms with E-state index in [1.165, 1.54) is 19.3 Å². The molecule has 100 valence electrons. The zero-order valence-electron chi connectivity index (χ0n) is 10.3. The molecule has 17 heavy (non-hydrogen) atoms. The highest BCUT2D eigenvalue weighted by molar-refractivity contribution is 7.89. The molecule has 1 saturated heterocycles. The molecule has 1 heterocycles. The Bertz CT molecular complexity index is 344. The third-order valence-corrected chi connectivity index (χ3v) is 6.33. The van der Waals surface area contributed by atoms with Crippen LogP contribution in [-0.2, 0) is 10.0 Å². The number of halogens is 1. The van der Waals surface area contributed by atoms with Gasteiger partial charge in [0.05, 0.1) is 5.75 Å². The fourth-order valence-corrected chi connectivity index (χ4v) is 5.34. The molecule has 0 amide bonds. The molecule has 2 aliphatic rings. The Hall–Kier alpha value is 0.200. The Morgan fingerprint density at radius 3 is 2.65 bits per heavy atom. The van der Waals surface area contributed by atoms with Gasteiger partial charge in [0.1, 0.15) is 0 Å². The van der Waals surface area contributed by atoms with Crippen molar-refractivity contribution in [1.82, 2.24) is 4.31 Å². The SMILES string of the molecule is O=S(=O)(CCCCCl)N1CCCC2CCCC21. The summed E-state index contributed by atoms with van der Waals surface area (Å²) in [5.41, 5.74) is 0. The zero-order chi connectivity index (χ0) is 12.3. The highest BCUT2D eigenvalue weighted by Gasteiger charge is 2.40. The lowest BCUT2D eigenvalue weighted by atomic mass is 9.94. The molecule has 0 bridgehead atoms. The summed E-state index contributed by atoms with van der Waals surface area (Å²) in [4.78, 5) is 0. The average Bonchev–Trinajstić information content (AvgIpc) is 2.76. The monoisotopic (exact) mass is 279 g/mol. The molecule has 1 aliphatic carbocycles. The van der Waals surface area contributed by atoms with Crippen molar-refractivity contribution >= 4 is 21.6 Å². The van der Waals surface area contributed by atoms with Crippen molar-refractivity contribution in [2.45, 2.75) is 51.0 Å². The maximum Gasteiger partial charge on any atom is 0.214 e. The number of sulfonamides is 1. The van der Waals surface area contributed by atoms with Crippen LogP contribution in [0.25, 0.3) is 0 Å². The van der Waals surface area contributed by atoms with E-state index >= 15 is 0 Å². The molecule has 2 atom stereocenters. The number of alkyl halides is 1. The summed E-state index contributed by atoms with van der Waals surface area (Å²) in [6, 6.07) is 0.310. The number of piperidine rings is 1. The third-order valence-electron chi connectivity index (χ3n) is 4.09. The van der Waals surface area contributed by atoms with Crippen LogP contribution in [0, 0.1) is 5.92 Å². The van der Waals surface area contributed by atoms with Gasteiger partial charge in [-0.3, -0.25) is 0 Å². The van der Waals surface area contributed by atoms with E-state index in [2.05, 4.69) is 0 Å². The molecule has 2 rings (SSSR count). The molecule has 3 nitrogen and oxygen atoms in total. The van der Waals surface area contributed by atoms with Crippen molar-refractivity contribution in [2.75, 3.05) is 18.2 Å². The van der Waals surface area contributed by atoms with Gasteiger partial charge in [-0.05, 0) is 44.4 Å². The van der Waals surface area contributed by atoms with Gasteiger partial charge in [0, 0.05) is 18.5 Å². The number of hydrogen-bond acceptors (Lipinski definition) is 2. The minimum atomic E-state index is -3.04. The molecule has 5 heteroatoms. The number of hydrogen-bond donors (Lipinski definition) is 0. The molecule has 0 radical (unpaired) electrons. The first-order valence-electron chi connectivity index (χ1n) is 6.70. The van der Waals surface area contributed by atoms with Gasteiger partial charge in [-0.15, -0.1) is 11.6 Å². The Kier molecular flexibility index (Phi) is 4.72. The lowest BCUT2D eigenvalue weighted by Gasteiger charge is -2.36. The Labute approximate surface area is 110 Å². The number of rotatable bonds is 5. The van der Waals surface area contributed by atoms with Gasteiger partial charge in [0.25, 0.3) is 0 Å². The topological polar surface area (TPSA) is 37.4 Å². The van der Waals surface area contributed by atoms with Crippen LogP contribution in [0.1, 0.15) is 44.9 Å². The number of unbranched alkanes of at least 4 members (excludes halogenated alkanes) is 1. The lowest BCUT2D eigenvalue weighted by Crippen LogP contribution is -2.46. The lowest BCUT2D eigenvalue weighted by molar-refractivity contribution is 0.202. The smallest absolute Gasteiger partial charge is 0.212 e. The van der Waals surface area contributed by atoms with Crippen LogP contribution in [0.5, 0.6) is 0 Å². The minimum Gasteiger partial charge on any atom is -0.212 e. The summed E-state index contributed by atoms with van der Waals surface area (Å²) >= 11 is 5.60. The van der Waals surface area contributed by atoms with Gasteiger partial charge in [0.2, 0.25) is 10.0 Å². The van der Waals surface area contributed by atoms with Crippen molar-refractivity contribution in [1.29, 1.82) is 0 Å². The Balaban J connectivity index is 1.99. The predicted octanol–water partition coefficient (Wildman–Crippen LogP) is 2.60. The average molecular weight is 280 g/mol. The highest BCUT2D eigenvalue weighted by atomic mass is 35.5. The quantitative estimate of drug-likeness (QED) is 0.573. The van der Waals surface area contributed by atoms with Crippen LogP contribution in [0.2, 0.25) is 0 Å². The van der Waals surface area contributed by atoms with E-state index in [4.69, 9.17) is 11.6 Å². The summed E-state index contributed by atoms with van der Waals surface area (Å²) in [6.45, 7) is 0.740. The summed E-state index contributed by atoms with van der Waals surface area (Å²) in [5, 5.41) is 0. The third kappa shape index (κ3) is 3.15. The van der Waals surface area contributed by atoms with Crippen LogP contribution in [-0.4, -0.2) is 36.9 Å². The Morgan fingerprint density at radius 2 is 1.88 bits per heavy atom. The Morgan fingerprint density at radius 1 is 1.12 bits per heavy atom. The van der Waals surface area contributed by atoms with E-state index in [1.807, 2.05) is 4.31 Å². The molecule has 2 fully saturated rings. The van der Waals surface area contributed by atoms with Crippen LogP contribution in [0.15, 0.2) is 0 Å². The molecular weight excluding hydrogens is 258 g/mol. The molecule has 1 aliphatic heterocycles. The largest absolute Gasteiger partial charge is 0.214 e. The highest BCUT2D eigenvalue weighted by Crippen LogP contribution is 2.38. The van der Waals surface area contributed by atoms with Crippen molar-refractivity contribution < 1.29 is 8.42 Å². The number of nitrogens with zero attached hydrogens (tertiary/aromatic N) is 1. The summed E-state index contributed by atoms with van der Waals surface area (Å²) < 4.78 is 26.4. The van der Waals surface area contributed by atoms with Crippen LogP contribution < -0.4 is 0 Å². The summed E-state index contributed by atoms with van der Waals surface area (Å²) in [6.07, 6.45) is 7.23. The second kappa shape index (κ2) is 5.89. The molecule has 0 aromatic carbocycles. The van der Waals surface area contributed by atoms with E-state index < -0.39 is 10.0 Å². The molecule has 0 spiro atoms. The first-order valence-corrected chi connectivity index (χ1v) is 8.85. The molecule has 2 unspecified atom stereocenters. The minimum absolute atomic E-state index is 0.281. The van der Waals surface area contributed by atoms with Crippen LogP contribution >= 0.6 is 11.6 Å². The van der Waals surface area contributed by atoms with E-state index in [9.17, 15) is 8.42 Å². The predicted molar refractivity (Wildman–Crippen MR) is 70.8 cm³/mol. The molecule has 0 N–H and O–H groups in total. The summed E-state index contributed by atoms with van der Waals surface area (Å²) in [5.74, 6) is 1.47. The van der Waals surface area contributed by atoms with Gasteiger partial charge in [0.15, 0.2) is 0 Å². The first kappa shape index (κ1) is 13.6. The maximum atomic E-state index is 12.3. The second-order valence-corrected chi connectivity index (χ2v) is 7.64. The standard InChI is InChI=1S/C12H22ClNO2S/c13-8-1-2-10-17(15,16)14-9-4-6-11-5-3-7-12(11)14/h11-12H,1-10H2. The second-order valence-electron chi connectivity index (χ2n) is 5.22. The fourth-order valence-electron chi connectivity index (χ4n) is 3.25. The van der Waals surface area contributed by atoms with Gasteiger partial charge in [-0.2, -0.15) is 4.31 Å². The normalized spacial score (nSPS) is 30.4. The molecule has 0 aromatic heterocycles. The van der Waals surface area contributed by atoms with Crippen molar-refractivity contribution in [2.24, 2.45) is 5.92 Å². The van der Waals surface area contributed by atoms with Crippen LogP contribution in [0.3, 0.4) is 0 Å². The van der Waals surface area contributed by atoms with Gasteiger partial charge < -0.3 is 0 Å². The van der Waals surface area contributed by atoms with Crippen LogP contribution in [0.4, 0.5) is 0 Å². The van der Waals surface area contributed by atoms with E-state index in [1.54, 1.807) is 0 Å². The van der Waals surface area contributed by atoms with Gasteiger partial charge >= 0.3 is 0 Å². The first-order chi connectivity index (χ1) is 8.15. The van der Waals surface area contributed by atoms with Gasteiger partial charge in [-0.1, -0.05) is 6.42 Å². The van der Waals surface area contributed by atoms with Crippen molar-refractivity contribution in [3.63, 3.8) is 0 Å². The zero-order valence-corrected chi connectivity index (χ0v) is 11.8. The van der Waals surface area contributed by atoms with Gasteiger partial charge in [-0.25, -0.2) is 8.42 Å². The van der Waals surface area contributed by atoms with E-state index in [0.717, 1.165) is 25.8 Å². The molecular formula is C12H22ClNO2S. The number of fused-ring (bicyclic) bond motifs is 1.